The van der Waals surface area contributed by atoms with Crippen molar-refractivity contribution < 1.29 is 4.55 Å². The SMILES string of the molecule is C[S+](C)[O-].Nc1ccc2cc3ccccc3cc2c1. The summed E-state index contributed by atoms with van der Waals surface area (Å²) in [6, 6.07) is 18.8. The lowest BCUT2D eigenvalue weighted by atomic mass is 10.0. The molecule has 3 rings (SSSR count). The summed E-state index contributed by atoms with van der Waals surface area (Å²) in [5, 5.41) is 4.97. The number of hydrogen-bond donors (Lipinski definition) is 1. The molecule has 0 fully saturated rings. The Bertz CT molecular complexity index is 692. The molecule has 98 valence electrons. The summed E-state index contributed by atoms with van der Waals surface area (Å²) in [6.45, 7) is 0. The number of nitrogens with two attached hydrogens (primary N) is 1. The Morgan fingerprint density at radius 2 is 1.26 bits per heavy atom. The number of benzene rings is 3. The molecule has 0 saturated heterocycles. The number of rotatable bonds is 0. The molecular formula is C16H17NOS. The van der Waals surface area contributed by atoms with Crippen molar-refractivity contribution in [2.45, 2.75) is 0 Å². The fourth-order valence-electron chi connectivity index (χ4n) is 1.96. The summed E-state index contributed by atoms with van der Waals surface area (Å²) >= 11 is -0.611. The van der Waals surface area contributed by atoms with Crippen LogP contribution in [0.15, 0.2) is 54.6 Å². The average Bonchev–Trinajstić information content (AvgIpc) is 2.35. The predicted octanol–water partition coefficient (Wildman–Crippen LogP) is 3.57. The van der Waals surface area contributed by atoms with Crippen LogP contribution in [0.2, 0.25) is 0 Å². The third-order valence-corrected chi connectivity index (χ3v) is 2.73. The first-order chi connectivity index (χ1) is 9.06. The van der Waals surface area contributed by atoms with Crippen LogP contribution in [0.4, 0.5) is 5.69 Å². The van der Waals surface area contributed by atoms with Gasteiger partial charge in [0.1, 0.15) is 0 Å². The minimum Gasteiger partial charge on any atom is -0.617 e. The van der Waals surface area contributed by atoms with Gasteiger partial charge in [-0.3, -0.25) is 0 Å². The Kier molecular flexibility index (Phi) is 4.30. The lowest BCUT2D eigenvalue weighted by molar-refractivity contribution is 0.606. The van der Waals surface area contributed by atoms with Gasteiger partial charge in [-0.2, -0.15) is 0 Å². The first-order valence-corrected chi connectivity index (χ1v) is 7.96. The second-order valence-corrected chi connectivity index (χ2v) is 6.03. The van der Waals surface area contributed by atoms with Crippen molar-refractivity contribution >= 4 is 38.4 Å². The van der Waals surface area contributed by atoms with Gasteiger partial charge < -0.3 is 10.3 Å². The van der Waals surface area contributed by atoms with E-state index in [2.05, 4.69) is 42.5 Å². The van der Waals surface area contributed by atoms with E-state index >= 15 is 0 Å². The van der Waals surface area contributed by atoms with Gasteiger partial charge in [0.2, 0.25) is 0 Å². The van der Waals surface area contributed by atoms with E-state index in [9.17, 15) is 4.55 Å². The monoisotopic (exact) mass is 271 g/mol. The van der Waals surface area contributed by atoms with Gasteiger partial charge in [-0.15, -0.1) is 0 Å². The summed E-state index contributed by atoms with van der Waals surface area (Å²) in [5.41, 5.74) is 6.59. The summed E-state index contributed by atoms with van der Waals surface area (Å²) in [4.78, 5) is 0. The highest BCUT2D eigenvalue weighted by Crippen LogP contribution is 2.24. The van der Waals surface area contributed by atoms with Crippen LogP contribution >= 0.6 is 0 Å². The molecule has 2 nitrogen and oxygen atoms in total. The van der Waals surface area contributed by atoms with Crippen molar-refractivity contribution in [2.75, 3.05) is 18.2 Å². The molecule has 0 aliphatic carbocycles. The second kappa shape index (κ2) is 5.95. The Morgan fingerprint density at radius 1 is 0.789 bits per heavy atom. The van der Waals surface area contributed by atoms with Crippen LogP contribution in [0.3, 0.4) is 0 Å². The molecule has 0 spiro atoms. The van der Waals surface area contributed by atoms with Gasteiger partial charge in [0, 0.05) is 5.69 Å². The maximum absolute atomic E-state index is 9.56. The third kappa shape index (κ3) is 3.63. The number of nitrogen functional groups attached to an aromatic ring is 1. The molecule has 0 radical (unpaired) electrons. The fraction of sp³-hybridized carbons (Fsp3) is 0.125. The molecule has 3 aromatic rings. The van der Waals surface area contributed by atoms with E-state index in [4.69, 9.17) is 5.73 Å². The number of fused-ring (bicyclic) bond motifs is 2. The summed E-state index contributed by atoms with van der Waals surface area (Å²) in [7, 11) is 0. The van der Waals surface area contributed by atoms with Crippen molar-refractivity contribution in [3.8, 4) is 0 Å². The van der Waals surface area contributed by atoms with E-state index in [0.29, 0.717) is 0 Å². The van der Waals surface area contributed by atoms with Crippen LogP contribution in [0.25, 0.3) is 21.5 Å². The molecule has 0 aliphatic heterocycles. The van der Waals surface area contributed by atoms with Gasteiger partial charge in [-0.05, 0) is 45.8 Å². The van der Waals surface area contributed by atoms with E-state index in [1.807, 2.05) is 12.1 Å². The van der Waals surface area contributed by atoms with Crippen molar-refractivity contribution in [1.29, 1.82) is 0 Å². The van der Waals surface area contributed by atoms with Crippen LogP contribution in [0, 0.1) is 0 Å². The maximum Gasteiger partial charge on any atom is 0.0946 e. The smallest absolute Gasteiger partial charge is 0.0946 e. The fourth-order valence-corrected chi connectivity index (χ4v) is 1.96. The molecule has 3 aromatic carbocycles. The number of hydrogen-bond acceptors (Lipinski definition) is 2. The van der Waals surface area contributed by atoms with Gasteiger partial charge in [0.25, 0.3) is 0 Å². The first-order valence-electron chi connectivity index (χ1n) is 5.99. The highest BCUT2D eigenvalue weighted by Gasteiger charge is 1.97. The molecule has 2 N–H and O–H groups in total. The van der Waals surface area contributed by atoms with Gasteiger partial charge in [0.05, 0.1) is 12.5 Å². The lowest BCUT2D eigenvalue weighted by Crippen LogP contribution is -1.86. The molecule has 19 heavy (non-hydrogen) atoms. The van der Waals surface area contributed by atoms with Crippen LogP contribution in [-0.4, -0.2) is 17.1 Å². The maximum atomic E-state index is 9.56. The molecule has 0 bridgehead atoms. The summed E-state index contributed by atoms with van der Waals surface area (Å²) < 4.78 is 9.56. The van der Waals surface area contributed by atoms with Crippen LogP contribution in [0.1, 0.15) is 0 Å². The quantitative estimate of drug-likeness (QED) is 0.386. The van der Waals surface area contributed by atoms with E-state index in [1.54, 1.807) is 12.5 Å². The zero-order valence-corrected chi connectivity index (χ0v) is 11.9. The highest BCUT2D eigenvalue weighted by atomic mass is 32.2. The minimum absolute atomic E-state index is 0.611. The first kappa shape index (κ1) is 13.7. The van der Waals surface area contributed by atoms with Gasteiger partial charge in [-0.25, -0.2) is 0 Å². The van der Waals surface area contributed by atoms with Crippen molar-refractivity contribution in [3.05, 3.63) is 54.6 Å². The average molecular weight is 271 g/mol. The molecule has 0 unspecified atom stereocenters. The van der Waals surface area contributed by atoms with Gasteiger partial charge >= 0.3 is 0 Å². The van der Waals surface area contributed by atoms with Crippen LogP contribution in [0.5, 0.6) is 0 Å². The van der Waals surface area contributed by atoms with E-state index in [1.165, 1.54) is 21.5 Å². The molecular weight excluding hydrogens is 254 g/mol. The lowest BCUT2D eigenvalue weighted by Gasteiger charge is -2.02. The molecule has 0 saturated carbocycles. The second-order valence-electron chi connectivity index (χ2n) is 4.55. The molecule has 0 aliphatic rings. The molecule has 0 atom stereocenters. The minimum atomic E-state index is -0.611. The zero-order valence-electron chi connectivity index (χ0n) is 11.1. The van der Waals surface area contributed by atoms with Crippen molar-refractivity contribution in [1.82, 2.24) is 0 Å². The number of anilines is 1. The highest BCUT2D eigenvalue weighted by molar-refractivity contribution is 7.89. The van der Waals surface area contributed by atoms with E-state index < -0.39 is 11.2 Å². The van der Waals surface area contributed by atoms with Crippen LogP contribution < -0.4 is 5.73 Å². The van der Waals surface area contributed by atoms with Crippen molar-refractivity contribution in [2.24, 2.45) is 0 Å². The largest absolute Gasteiger partial charge is 0.617 e. The van der Waals surface area contributed by atoms with Gasteiger partial charge in [0.15, 0.2) is 0 Å². The predicted molar refractivity (Wildman–Crippen MR) is 85.9 cm³/mol. The van der Waals surface area contributed by atoms with Gasteiger partial charge in [-0.1, -0.05) is 41.5 Å². The molecule has 3 heteroatoms. The third-order valence-electron chi connectivity index (χ3n) is 2.73. The standard InChI is InChI=1S/C14H11N.C2H6OS/c15-14-6-5-12-7-10-3-1-2-4-11(10)8-13(12)9-14;1-4(2)3/h1-9H,15H2;1-2H3. The Balaban J connectivity index is 0.000000297. The Morgan fingerprint density at radius 3 is 1.84 bits per heavy atom. The zero-order chi connectivity index (χ0) is 13.8. The Hall–Kier alpha value is -1.71. The molecule has 0 aromatic heterocycles. The summed E-state index contributed by atoms with van der Waals surface area (Å²) in [5.74, 6) is 0. The van der Waals surface area contributed by atoms with E-state index in [0.717, 1.165) is 5.69 Å². The molecule has 0 heterocycles. The topological polar surface area (TPSA) is 49.1 Å². The van der Waals surface area contributed by atoms with E-state index in [-0.39, 0.29) is 0 Å². The Labute approximate surface area is 116 Å². The summed E-state index contributed by atoms with van der Waals surface area (Å²) in [6.07, 6.45) is 3.28. The molecule has 0 amide bonds. The van der Waals surface area contributed by atoms with Crippen molar-refractivity contribution in [3.63, 3.8) is 0 Å². The normalized spacial score (nSPS) is 10.5. The van der Waals surface area contributed by atoms with Crippen LogP contribution in [-0.2, 0) is 11.2 Å².